The van der Waals surface area contributed by atoms with Gasteiger partial charge in [0, 0.05) is 16.8 Å². The van der Waals surface area contributed by atoms with Crippen LogP contribution in [-0.4, -0.2) is 27.6 Å². The number of amides is 1. The molecular weight excluding hydrogens is 246 g/mol. The third-order valence-corrected chi connectivity index (χ3v) is 4.53. The van der Waals surface area contributed by atoms with Crippen molar-refractivity contribution in [2.45, 2.75) is 38.1 Å². The van der Waals surface area contributed by atoms with Crippen molar-refractivity contribution < 1.29 is 4.79 Å². The maximum Gasteiger partial charge on any atom is 0.238 e. The second kappa shape index (κ2) is 5.28. The van der Waals surface area contributed by atoms with Gasteiger partial charge in [0.2, 0.25) is 5.91 Å². The summed E-state index contributed by atoms with van der Waals surface area (Å²) in [5.41, 5.74) is 2.03. The van der Waals surface area contributed by atoms with Crippen LogP contribution in [0.3, 0.4) is 0 Å². The van der Waals surface area contributed by atoms with E-state index in [2.05, 4.69) is 29.5 Å². The molecule has 0 radical (unpaired) electrons. The zero-order chi connectivity index (χ0) is 13.2. The van der Waals surface area contributed by atoms with Crippen molar-refractivity contribution in [3.8, 4) is 0 Å². The van der Waals surface area contributed by atoms with Crippen LogP contribution >= 0.6 is 11.8 Å². The number of aryl methyl sites for hydroxylation is 1. The first-order valence-corrected chi connectivity index (χ1v) is 7.05. The molecule has 0 bridgehead atoms. The Labute approximate surface area is 112 Å². The maximum absolute atomic E-state index is 12.1. The summed E-state index contributed by atoms with van der Waals surface area (Å²) in [6.07, 6.45) is 1.75. The standard InChI is InChI=1S/C13H19N3OS/c1-9-5-4-6-14-10(9)7-15-12(17)11-13(2,3)18-8-16-11/h4-6,11,16H,7-8H2,1-3H3,(H,15,17)/t11-/m1/s1. The van der Waals surface area contributed by atoms with E-state index in [1.807, 2.05) is 19.1 Å². The summed E-state index contributed by atoms with van der Waals surface area (Å²) in [4.78, 5) is 16.4. The lowest BCUT2D eigenvalue weighted by molar-refractivity contribution is -0.123. The van der Waals surface area contributed by atoms with Crippen LogP contribution in [0, 0.1) is 6.92 Å². The Morgan fingerprint density at radius 3 is 3.06 bits per heavy atom. The van der Waals surface area contributed by atoms with E-state index in [0.717, 1.165) is 17.1 Å². The summed E-state index contributed by atoms with van der Waals surface area (Å²) >= 11 is 1.77. The van der Waals surface area contributed by atoms with Gasteiger partial charge >= 0.3 is 0 Å². The molecule has 1 atom stereocenters. The van der Waals surface area contributed by atoms with E-state index in [4.69, 9.17) is 0 Å². The van der Waals surface area contributed by atoms with Crippen molar-refractivity contribution in [2.75, 3.05) is 5.88 Å². The summed E-state index contributed by atoms with van der Waals surface area (Å²) in [7, 11) is 0. The van der Waals surface area contributed by atoms with Crippen molar-refractivity contribution in [1.82, 2.24) is 15.6 Å². The summed E-state index contributed by atoms with van der Waals surface area (Å²) in [5.74, 6) is 0.878. The number of carbonyl (C=O) groups excluding carboxylic acids is 1. The first kappa shape index (κ1) is 13.4. The van der Waals surface area contributed by atoms with Gasteiger partial charge in [-0.05, 0) is 32.4 Å². The monoisotopic (exact) mass is 265 g/mol. The summed E-state index contributed by atoms with van der Waals surface area (Å²) in [6, 6.07) is 3.77. The number of aromatic nitrogens is 1. The quantitative estimate of drug-likeness (QED) is 0.868. The molecule has 1 aliphatic rings. The molecular formula is C13H19N3OS. The molecule has 0 unspecified atom stereocenters. The number of hydrogen-bond acceptors (Lipinski definition) is 4. The Morgan fingerprint density at radius 2 is 2.44 bits per heavy atom. The lowest BCUT2D eigenvalue weighted by Crippen LogP contribution is -2.49. The van der Waals surface area contributed by atoms with E-state index >= 15 is 0 Å². The molecule has 2 heterocycles. The molecule has 1 aliphatic heterocycles. The average Bonchev–Trinajstić information content (AvgIpc) is 2.67. The molecule has 4 nitrogen and oxygen atoms in total. The predicted octanol–water partition coefficient (Wildman–Crippen LogP) is 1.45. The number of pyridine rings is 1. The van der Waals surface area contributed by atoms with Gasteiger partial charge in [0.1, 0.15) is 6.04 Å². The molecule has 0 saturated carbocycles. The number of nitrogens with zero attached hydrogens (tertiary/aromatic N) is 1. The number of thioether (sulfide) groups is 1. The second-order valence-corrected chi connectivity index (χ2v) is 6.64. The van der Waals surface area contributed by atoms with Crippen molar-refractivity contribution in [1.29, 1.82) is 0 Å². The van der Waals surface area contributed by atoms with E-state index in [9.17, 15) is 4.79 Å². The molecule has 0 aliphatic carbocycles. The van der Waals surface area contributed by atoms with Crippen LogP contribution in [0.5, 0.6) is 0 Å². The molecule has 1 amide bonds. The normalized spacial score (nSPS) is 21.8. The Bertz CT molecular complexity index is 448. The SMILES string of the molecule is Cc1cccnc1CNC(=O)[C@H]1NCSC1(C)C. The molecule has 1 fully saturated rings. The highest BCUT2D eigenvalue weighted by Gasteiger charge is 2.39. The molecule has 2 rings (SSSR count). The van der Waals surface area contributed by atoms with Crippen molar-refractivity contribution in [3.63, 3.8) is 0 Å². The van der Waals surface area contributed by atoms with Crippen LogP contribution < -0.4 is 10.6 Å². The van der Waals surface area contributed by atoms with Crippen LogP contribution in [0.4, 0.5) is 0 Å². The molecule has 1 saturated heterocycles. The smallest absolute Gasteiger partial charge is 0.238 e. The van der Waals surface area contributed by atoms with Crippen molar-refractivity contribution in [3.05, 3.63) is 29.6 Å². The molecule has 1 aromatic heterocycles. The largest absolute Gasteiger partial charge is 0.349 e. The molecule has 1 aromatic rings. The van der Waals surface area contributed by atoms with Gasteiger partial charge in [-0.3, -0.25) is 15.1 Å². The van der Waals surface area contributed by atoms with Gasteiger partial charge in [-0.1, -0.05) is 6.07 Å². The van der Waals surface area contributed by atoms with E-state index in [1.165, 1.54) is 0 Å². The minimum Gasteiger partial charge on any atom is -0.349 e. The zero-order valence-corrected chi connectivity index (χ0v) is 11.8. The van der Waals surface area contributed by atoms with Gasteiger partial charge in [0.05, 0.1) is 12.2 Å². The van der Waals surface area contributed by atoms with Gasteiger partial charge < -0.3 is 5.32 Å². The van der Waals surface area contributed by atoms with Crippen LogP contribution in [0.25, 0.3) is 0 Å². The Morgan fingerprint density at radius 1 is 1.67 bits per heavy atom. The molecule has 18 heavy (non-hydrogen) atoms. The summed E-state index contributed by atoms with van der Waals surface area (Å²) < 4.78 is -0.0523. The molecule has 98 valence electrons. The summed E-state index contributed by atoms with van der Waals surface area (Å²) in [5, 5.41) is 6.19. The molecule has 0 spiro atoms. The maximum atomic E-state index is 12.1. The van der Waals surface area contributed by atoms with E-state index in [-0.39, 0.29) is 16.7 Å². The number of hydrogen-bond donors (Lipinski definition) is 2. The molecule has 2 N–H and O–H groups in total. The minimum atomic E-state index is -0.133. The van der Waals surface area contributed by atoms with Crippen molar-refractivity contribution >= 4 is 17.7 Å². The van der Waals surface area contributed by atoms with Gasteiger partial charge in [-0.25, -0.2) is 0 Å². The van der Waals surface area contributed by atoms with E-state index in [1.54, 1.807) is 18.0 Å². The minimum absolute atomic E-state index is 0.0510. The van der Waals surface area contributed by atoms with Crippen LogP contribution in [0.1, 0.15) is 25.1 Å². The summed E-state index contributed by atoms with van der Waals surface area (Å²) in [6.45, 7) is 6.67. The highest BCUT2D eigenvalue weighted by molar-refractivity contribution is 8.00. The fourth-order valence-corrected chi connectivity index (χ4v) is 3.00. The van der Waals surface area contributed by atoms with Crippen molar-refractivity contribution in [2.24, 2.45) is 0 Å². The fourth-order valence-electron chi connectivity index (χ4n) is 2.02. The Balaban J connectivity index is 1.95. The average molecular weight is 265 g/mol. The Hall–Kier alpha value is -1.07. The van der Waals surface area contributed by atoms with E-state index < -0.39 is 0 Å². The lowest BCUT2D eigenvalue weighted by atomic mass is 10.0. The van der Waals surface area contributed by atoms with Crippen LogP contribution in [0.2, 0.25) is 0 Å². The molecule has 5 heteroatoms. The third-order valence-electron chi connectivity index (χ3n) is 3.24. The van der Waals surface area contributed by atoms with Crippen LogP contribution in [0.15, 0.2) is 18.3 Å². The van der Waals surface area contributed by atoms with Gasteiger partial charge in [0.15, 0.2) is 0 Å². The van der Waals surface area contributed by atoms with Crippen LogP contribution in [-0.2, 0) is 11.3 Å². The highest BCUT2D eigenvalue weighted by Crippen LogP contribution is 2.32. The van der Waals surface area contributed by atoms with Gasteiger partial charge in [0.25, 0.3) is 0 Å². The Kier molecular flexibility index (Phi) is 3.92. The first-order valence-electron chi connectivity index (χ1n) is 6.06. The second-order valence-electron chi connectivity index (χ2n) is 5.01. The first-order chi connectivity index (χ1) is 8.50. The fraction of sp³-hybridized carbons (Fsp3) is 0.538. The number of nitrogens with one attached hydrogen (secondary N) is 2. The third kappa shape index (κ3) is 2.84. The molecule has 0 aromatic carbocycles. The predicted molar refractivity (Wildman–Crippen MR) is 74.3 cm³/mol. The van der Waals surface area contributed by atoms with E-state index in [0.29, 0.717) is 6.54 Å². The highest BCUT2D eigenvalue weighted by atomic mass is 32.2. The van der Waals surface area contributed by atoms with Gasteiger partial charge in [-0.2, -0.15) is 0 Å². The topological polar surface area (TPSA) is 54.0 Å². The zero-order valence-electron chi connectivity index (χ0n) is 11.0. The van der Waals surface area contributed by atoms with Gasteiger partial charge in [-0.15, -0.1) is 11.8 Å². The number of rotatable bonds is 3. The lowest BCUT2D eigenvalue weighted by Gasteiger charge is -2.24. The number of carbonyl (C=O) groups is 1.